The van der Waals surface area contributed by atoms with E-state index in [1.54, 1.807) is 0 Å². The van der Waals surface area contributed by atoms with Crippen molar-refractivity contribution in [3.63, 3.8) is 0 Å². The Morgan fingerprint density at radius 1 is 0.875 bits per heavy atom. The van der Waals surface area contributed by atoms with E-state index in [2.05, 4.69) is 36.1 Å². The Morgan fingerprint density at radius 3 is 2.04 bits per heavy atom. The third kappa shape index (κ3) is 4.94. The molecule has 0 amide bonds. The van der Waals surface area contributed by atoms with Crippen molar-refractivity contribution >= 4 is 0 Å². The minimum atomic E-state index is -0.0718. The first-order valence-electron chi connectivity index (χ1n) is 8.52. The molecule has 0 aliphatic carbocycles. The van der Waals surface area contributed by atoms with Crippen LogP contribution in [0, 0.1) is 11.8 Å². The number of ether oxygens (including phenoxy) is 2. The first-order valence-corrected chi connectivity index (χ1v) is 8.52. The number of morpholine rings is 1. The number of hydrogen-bond acceptors (Lipinski definition) is 2. The highest BCUT2D eigenvalue weighted by atomic mass is 16.5. The van der Waals surface area contributed by atoms with Gasteiger partial charge in [-0.25, -0.2) is 0 Å². The predicted molar refractivity (Wildman–Crippen MR) is 94.8 cm³/mol. The molecule has 0 bridgehead atoms. The molecule has 1 heterocycles. The van der Waals surface area contributed by atoms with Crippen molar-refractivity contribution in [2.24, 2.45) is 0 Å². The molecule has 3 nitrogen and oxygen atoms in total. The summed E-state index contributed by atoms with van der Waals surface area (Å²) in [4.78, 5) is 1.50. The van der Waals surface area contributed by atoms with Crippen LogP contribution < -0.4 is 4.90 Å². The lowest BCUT2D eigenvalue weighted by molar-refractivity contribution is -0.900. The molecule has 1 aliphatic rings. The van der Waals surface area contributed by atoms with E-state index >= 15 is 0 Å². The third-order valence-electron chi connectivity index (χ3n) is 4.19. The van der Waals surface area contributed by atoms with Crippen LogP contribution in [0.1, 0.15) is 17.2 Å². The maximum absolute atomic E-state index is 6.10. The summed E-state index contributed by atoms with van der Waals surface area (Å²) in [6, 6.07) is 20.6. The quantitative estimate of drug-likeness (QED) is 0.847. The first-order chi connectivity index (χ1) is 11.9. The van der Waals surface area contributed by atoms with Gasteiger partial charge in [-0.3, -0.25) is 0 Å². The normalized spacial score (nSPS) is 15.0. The smallest absolute Gasteiger partial charge is 0.139 e. The Hall–Kier alpha value is -2.12. The van der Waals surface area contributed by atoms with Gasteiger partial charge in [0.05, 0.1) is 13.2 Å². The second kappa shape index (κ2) is 9.24. The van der Waals surface area contributed by atoms with Gasteiger partial charge in [0, 0.05) is 0 Å². The number of hydrogen-bond donors (Lipinski definition) is 1. The van der Waals surface area contributed by atoms with Gasteiger partial charge in [0.15, 0.2) is 0 Å². The molecule has 0 atom stereocenters. The molecule has 0 radical (unpaired) electrons. The highest BCUT2D eigenvalue weighted by molar-refractivity contribution is 5.30. The zero-order valence-corrected chi connectivity index (χ0v) is 13.9. The molecule has 1 N–H and O–H groups in total. The van der Waals surface area contributed by atoms with Crippen LogP contribution in [0.4, 0.5) is 0 Å². The van der Waals surface area contributed by atoms with Gasteiger partial charge in [-0.15, -0.1) is 0 Å². The van der Waals surface area contributed by atoms with Crippen molar-refractivity contribution in [3.8, 4) is 11.8 Å². The SMILES string of the molecule is C(#CC[NH+]1CCOCC1)COC(c1ccccc1)c1ccccc1. The van der Waals surface area contributed by atoms with Gasteiger partial charge in [-0.2, -0.15) is 0 Å². The van der Waals surface area contributed by atoms with Crippen molar-refractivity contribution in [1.29, 1.82) is 0 Å². The van der Waals surface area contributed by atoms with Gasteiger partial charge in [0.25, 0.3) is 0 Å². The molecule has 0 saturated carbocycles. The van der Waals surface area contributed by atoms with E-state index in [1.165, 1.54) is 4.90 Å². The van der Waals surface area contributed by atoms with Crippen LogP contribution in [0.15, 0.2) is 60.7 Å². The van der Waals surface area contributed by atoms with Gasteiger partial charge in [0.2, 0.25) is 0 Å². The van der Waals surface area contributed by atoms with Crippen molar-refractivity contribution in [3.05, 3.63) is 71.8 Å². The summed E-state index contributed by atoms with van der Waals surface area (Å²) in [6.07, 6.45) is -0.0718. The van der Waals surface area contributed by atoms with Crippen molar-refractivity contribution in [1.82, 2.24) is 0 Å². The van der Waals surface area contributed by atoms with Gasteiger partial charge in [-0.1, -0.05) is 66.6 Å². The van der Waals surface area contributed by atoms with E-state index in [4.69, 9.17) is 9.47 Å². The van der Waals surface area contributed by atoms with Crippen LogP contribution in [0.25, 0.3) is 0 Å². The Labute approximate surface area is 144 Å². The molecule has 3 heteroatoms. The third-order valence-corrected chi connectivity index (χ3v) is 4.19. The van der Waals surface area contributed by atoms with Crippen LogP contribution in [0.5, 0.6) is 0 Å². The zero-order valence-electron chi connectivity index (χ0n) is 13.9. The molecule has 3 rings (SSSR count). The van der Waals surface area contributed by atoms with Crippen LogP contribution in [-0.4, -0.2) is 39.5 Å². The summed E-state index contributed by atoms with van der Waals surface area (Å²) in [7, 11) is 0. The maximum Gasteiger partial charge on any atom is 0.139 e. The number of nitrogens with one attached hydrogen (secondary N) is 1. The lowest BCUT2D eigenvalue weighted by atomic mass is 10.0. The van der Waals surface area contributed by atoms with E-state index in [-0.39, 0.29) is 6.10 Å². The monoisotopic (exact) mass is 322 g/mol. The summed E-state index contributed by atoms with van der Waals surface area (Å²) in [6.45, 7) is 5.10. The van der Waals surface area contributed by atoms with Gasteiger partial charge < -0.3 is 14.4 Å². The summed E-state index contributed by atoms with van der Waals surface area (Å²) in [5.74, 6) is 6.41. The van der Waals surface area contributed by atoms with Gasteiger partial charge >= 0.3 is 0 Å². The van der Waals surface area contributed by atoms with Crippen LogP contribution >= 0.6 is 0 Å². The molecule has 0 aromatic heterocycles. The number of quaternary nitrogens is 1. The lowest BCUT2D eigenvalue weighted by Gasteiger charge is -2.21. The predicted octanol–water partition coefficient (Wildman–Crippen LogP) is 1.71. The highest BCUT2D eigenvalue weighted by Crippen LogP contribution is 2.25. The summed E-state index contributed by atoms with van der Waals surface area (Å²) < 4.78 is 11.5. The Morgan fingerprint density at radius 2 is 1.46 bits per heavy atom. The molecule has 2 aromatic carbocycles. The highest BCUT2D eigenvalue weighted by Gasteiger charge is 2.14. The molecular formula is C21H24NO2+. The Bertz CT molecular complexity index is 615. The topological polar surface area (TPSA) is 22.9 Å². The fourth-order valence-electron chi connectivity index (χ4n) is 2.84. The van der Waals surface area contributed by atoms with E-state index in [1.807, 2.05) is 36.4 Å². The molecule has 1 saturated heterocycles. The van der Waals surface area contributed by atoms with E-state index in [0.29, 0.717) is 6.61 Å². The average molecular weight is 322 g/mol. The summed E-state index contributed by atoms with van der Waals surface area (Å²) in [5, 5.41) is 0. The molecule has 24 heavy (non-hydrogen) atoms. The minimum absolute atomic E-state index is 0.0718. The Balaban J connectivity index is 1.59. The number of rotatable bonds is 5. The van der Waals surface area contributed by atoms with Crippen molar-refractivity contribution < 1.29 is 14.4 Å². The van der Waals surface area contributed by atoms with Crippen LogP contribution in [0.2, 0.25) is 0 Å². The molecule has 124 valence electrons. The Kier molecular flexibility index (Phi) is 6.44. The minimum Gasteiger partial charge on any atom is -0.370 e. The second-order valence-corrected chi connectivity index (χ2v) is 5.91. The van der Waals surface area contributed by atoms with Crippen LogP contribution in [-0.2, 0) is 9.47 Å². The van der Waals surface area contributed by atoms with Crippen molar-refractivity contribution in [2.75, 3.05) is 39.5 Å². The summed E-state index contributed by atoms with van der Waals surface area (Å²) >= 11 is 0. The molecule has 2 aromatic rings. The molecule has 1 aliphatic heterocycles. The molecule has 0 unspecified atom stereocenters. The fourth-order valence-corrected chi connectivity index (χ4v) is 2.84. The molecular weight excluding hydrogens is 298 g/mol. The van der Waals surface area contributed by atoms with E-state index < -0.39 is 0 Å². The lowest BCUT2D eigenvalue weighted by Crippen LogP contribution is -3.14. The van der Waals surface area contributed by atoms with Crippen LogP contribution in [0.3, 0.4) is 0 Å². The largest absolute Gasteiger partial charge is 0.370 e. The van der Waals surface area contributed by atoms with Gasteiger partial charge in [0.1, 0.15) is 32.3 Å². The molecule has 1 fully saturated rings. The summed E-state index contributed by atoms with van der Waals surface area (Å²) in [5.41, 5.74) is 2.31. The maximum atomic E-state index is 6.10. The second-order valence-electron chi connectivity index (χ2n) is 5.91. The fraction of sp³-hybridized carbons (Fsp3) is 0.333. The van der Waals surface area contributed by atoms with Crippen molar-refractivity contribution in [2.45, 2.75) is 6.10 Å². The van der Waals surface area contributed by atoms with E-state index in [9.17, 15) is 0 Å². The molecule has 0 spiro atoms. The zero-order chi connectivity index (χ0) is 16.5. The number of benzene rings is 2. The first kappa shape index (κ1) is 16.7. The standard InChI is InChI=1S/C21H23NO2/c1-3-9-19(10-4-1)21(20-11-5-2-6-12-20)24-16-8-7-13-22-14-17-23-18-15-22/h1-6,9-12,21H,13-18H2/p+1. The van der Waals surface area contributed by atoms with Gasteiger partial charge in [-0.05, 0) is 17.0 Å². The van der Waals surface area contributed by atoms with E-state index in [0.717, 1.165) is 44.0 Å². The average Bonchev–Trinajstić information content (AvgIpc) is 2.67.